The van der Waals surface area contributed by atoms with E-state index in [1.54, 1.807) is 0 Å². The summed E-state index contributed by atoms with van der Waals surface area (Å²) < 4.78 is 0. The summed E-state index contributed by atoms with van der Waals surface area (Å²) in [5.74, 6) is -1.34. The van der Waals surface area contributed by atoms with Gasteiger partial charge in [0, 0.05) is 24.1 Å². The summed E-state index contributed by atoms with van der Waals surface area (Å²) in [5, 5.41) is 22.2. The van der Waals surface area contributed by atoms with Crippen molar-refractivity contribution >= 4 is 29.2 Å². The second kappa shape index (κ2) is 8.99. The maximum Gasteiger partial charge on any atom is 0.303 e. The molecule has 0 heterocycles. The number of carbonyl (C=O) groups is 2. The van der Waals surface area contributed by atoms with Gasteiger partial charge in [-0.15, -0.1) is 0 Å². The first kappa shape index (κ1) is 17.9. The number of hydrogen-bond donors (Lipinski definition) is 2. The minimum atomic E-state index is -0.816. The van der Waals surface area contributed by atoms with E-state index in [4.69, 9.17) is 16.7 Å². The van der Waals surface area contributed by atoms with Gasteiger partial charge in [0.15, 0.2) is 0 Å². The summed E-state index contributed by atoms with van der Waals surface area (Å²) in [6, 6.07) is 3.89. The van der Waals surface area contributed by atoms with Crippen molar-refractivity contribution in [1.82, 2.24) is 5.32 Å². The Bertz CT molecular complexity index is 562. The quantitative estimate of drug-likeness (QED) is 0.411. The molecule has 0 aromatic heterocycles. The van der Waals surface area contributed by atoms with Crippen molar-refractivity contribution in [1.29, 1.82) is 0 Å². The van der Waals surface area contributed by atoms with Crippen LogP contribution in [0.25, 0.3) is 0 Å². The smallest absolute Gasteiger partial charge is 0.303 e. The molecule has 1 aromatic rings. The van der Waals surface area contributed by atoms with Gasteiger partial charge in [-0.1, -0.05) is 24.4 Å². The number of rotatable bonds is 9. The zero-order valence-corrected chi connectivity index (χ0v) is 12.6. The van der Waals surface area contributed by atoms with Crippen molar-refractivity contribution < 1.29 is 19.6 Å². The van der Waals surface area contributed by atoms with Crippen LogP contribution in [0.4, 0.5) is 5.69 Å². The van der Waals surface area contributed by atoms with Crippen molar-refractivity contribution in [3.05, 3.63) is 38.9 Å². The molecule has 0 saturated heterocycles. The Morgan fingerprint density at radius 1 is 1.23 bits per heavy atom. The van der Waals surface area contributed by atoms with Crippen molar-refractivity contribution in [2.45, 2.75) is 32.1 Å². The van der Waals surface area contributed by atoms with E-state index in [0.717, 1.165) is 18.9 Å². The first-order valence-corrected chi connectivity index (χ1v) is 7.23. The average Bonchev–Trinajstić information content (AvgIpc) is 2.45. The van der Waals surface area contributed by atoms with Gasteiger partial charge >= 0.3 is 5.97 Å². The molecule has 0 aliphatic carbocycles. The van der Waals surface area contributed by atoms with Gasteiger partial charge in [-0.25, -0.2) is 0 Å². The van der Waals surface area contributed by atoms with Crippen LogP contribution in [0, 0.1) is 10.1 Å². The fraction of sp³-hybridized carbons (Fsp3) is 0.429. The molecule has 8 heteroatoms. The predicted octanol–water partition coefficient (Wildman–Crippen LogP) is 3.01. The van der Waals surface area contributed by atoms with E-state index >= 15 is 0 Å². The third-order valence-electron chi connectivity index (χ3n) is 3.00. The van der Waals surface area contributed by atoms with Crippen molar-refractivity contribution in [2.75, 3.05) is 6.54 Å². The Labute approximate surface area is 132 Å². The van der Waals surface area contributed by atoms with Crippen LogP contribution >= 0.6 is 11.6 Å². The summed E-state index contributed by atoms with van der Waals surface area (Å²) >= 11 is 5.69. The number of aliphatic carboxylic acids is 1. The van der Waals surface area contributed by atoms with Gasteiger partial charge in [0.2, 0.25) is 0 Å². The second-order valence-corrected chi connectivity index (χ2v) is 5.17. The molecular formula is C14H17ClN2O5. The number of nitrogens with one attached hydrogen (secondary N) is 1. The SMILES string of the molecule is O=C(O)CCCCCCNC(=O)c1ccc(Cl)cc1[N+](=O)[O-]. The van der Waals surface area contributed by atoms with E-state index in [9.17, 15) is 19.7 Å². The Hall–Kier alpha value is -2.15. The molecule has 22 heavy (non-hydrogen) atoms. The largest absolute Gasteiger partial charge is 0.481 e. The monoisotopic (exact) mass is 328 g/mol. The molecule has 0 aliphatic rings. The number of nitrogens with zero attached hydrogens (tertiary/aromatic N) is 1. The lowest BCUT2D eigenvalue weighted by Gasteiger charge is -2.06. The van der Waals surface area contributed by atoms with Crippen molar-refractivity contribution in [2.24, 2.45) is 0 Å². The van der Waals surface area contributed by atoms with Crippen LogP contribution in [0.5, 0.6) is 0 Å². The Morgan fingerprint density at radius 2 is 1.91 bits per heavy atom. The first-order valence-electron chi connectivity index (χ1n) is 6.85. The number of nitro groups is 1. The number of unbranched alkanes of at least 4 members (excludes halogenated alkanes) is 3. The highest BCUT2D eigenvalue weighted by Gasteiger charge is 2.20. The highest BCUT2D eigenvalue weighted by Crippen LogP contribution is 2.23. The van der Waals surface area contributed by atoms with Gasteiger partial charge in [-0.2, -0.15) is 0 Å². The molecule has 0 saturated carbocycles. The fourth-order valence-electron chi connectivity index (χ4n) is 1.90. The van der Waals surface area contributed by atoms with E-state index in [1.807, 2.05) is 0 Å². The molecule has 7 nitrogen and oxygen atoms in total. The summed E-state index contributed by atoms with van der Waals surface area (Å²) in [5.41, 5.74) is -0.355. The molecule has 1 aromatic carbocycles. The van der Waals surface area contributed by atoms with Gasteiger partial charge in [0.1, 0.15) is 5.56 Å². The molecule has 0 aliphatic heterocycles. The van der Waals surface area contributed by atoms with E-state index in [1.165, 1.54) is 12.1 Å². The highest BCUT2D eigenvalue weighted by atomic mass is 35.5. The maximum absolute atomic E-state index is 11.9. The minimum Gasteiger partial charge on any atom is -0.481 e. The molecule has 1 amide bonds. The Balaban J connectivity index is 2.40. The number of carboxylic acids is 1. The van der Waals surface area contributed by atoms with E-state index in [-0.39, 0.29) is 22.7 Å². The summed E-state index contributed by atoms with van der Waals surface area (Å²) in [4.78, 5) is 32.5. The van der Waals surface area contributed by atoms with Crippen molar-refractivity contribution in [3.8, 4) is 0 Å². The topological polar surface area (TPSA) is 110 Å². The van der Waals surface area contributed by atoms with Crippen LogP contribution in [0.1, 0.15) is 42.5 Å². The number of halogens is 1. The van der Waals surface area contributed by atoms with Gasteiger partial charge in [-0.05, 0) is 25.0 Å². The zero-order valence-electron chi connectivity index (χ0n) is 11.9. The number of carboxylic acid groups (broad SMARTS) is 1. The zero-order chi connectivity index (χ0) is 16.5. The summed E-state index contributed by atoms with van der Waals surface area (Å²) in [6.45, 7) is 0.381. The van der Waals surface area contributed by atoms with Gasteiger partial charge in [0.25, 0.3) is 11.6 Å². The number of benzene rings is 1. The molecule has 2 N–H and O–H groups in total. The van der Waals surface area contributed by atoms with Crippen LogP contribution in [-0.4, -0.2) is 28.5 Å². The van der Waals surface area contributed by atoms with Crippen LogP contribution in [-0.2, 0) is 4.79 Å². The number of nitro benzene ring substituents is 1. The van der Waals surface area contributed by atoms with Crippen LogP contribution in [0.15, 0.2) is 18.2 Å². The third-order valence-corrected chi connectivity index (χ3v) is 3.24. The predicted molar refractivity (Wildman–Crippen MR) is 81.2 cm³/mol. The molecule has 0 fully saturated rings. The lowest BCUT2D eigenvalue weighted by Crippen LogP contribution is -2.25. The van der Waals surface area contributed by atoms with Crippen molar-refractivity contribution in [3.63, 3.8) is 0 Å². The fourth-order valence-corrected chi connectivity index (χ4v) is 2.07. The lowest BCUT2D eigenvalue weighted by molar-refractivity contribution is -0.385. The normalized spacial score (nSPS) is 10.2. The van der Waals surface area contributed by atoms with Gasteiger partial charge in [0.05, 0.1) is 4.92 Å². The van der Waals surface area contributed by atoms with Gasteiger partial charge < -0.3 is 10.4 Å². The number of amides is 1. The Morgan fingerprint density at radius 3 is 2.55 bits per heavy atom. The molecule has 0 spiro atoms. The molecule has 1 rings (SSSR count). The van der Waals surface area contributed by atoms with Crippen LogP contribution < -0.4 is 5.32 Å². The highest BCUT2D eigenvalue weighted by molar-refractivity contribution is 6.31. The lowest BCUT2D eigenvalue weighted by atomic mass is 10.1. The molecule has 0 unspecified atom stereocenters. The molecule has 120 valence electrons. The Kier molecular flexibility index (Phi) is 7.31. The van der Waals surface area contributed by atoms with Gasteiger partial charge in [-0.3, -0.25) is 19.7 Å². The second-order valence-electron chi connectivity index (χ2n) is 4.73. The first-order chi connectivity index (χ1) is 10.4. The minimum absolute atomic E-state index is 0.0275. The van der Waals surface area contributed by atoms with E-state index < -0.39 is 16.8 Å². The molecule has 0 bridgehead atoms. The summed E-state index contributed by atoms with van der Waals surface area (Å²) in [7, 11) is 0. The molecule has 0 radical (unpaired) electrons. The van der Waals surface area contributed by atoms with E-state index in [2.05, 4.69) is 5.32 Å². The standard InChI is InChI=1S/C14H17ClN2O5/c15-10-6-7-11(12(9-10)17(21)22)14(20)16-8-4-2-1-3-5-13(18)19/h6-7,9H,1-5,8H2,(H,16,20)(H,18,19). The number of carbonyl (C=O) groups excluding carboxylic acids is 1. The average molecular weight is 329 g/mol. The number of hydrogen-bond acceptors (Lipinski definition) is 4. The summed E-state index contributed by atoms with van der Waals surface area (Å²) in [6.07, 6.45) is 2.99. The molecular weight excluding hydrogens is 312 g/mol. The van der Waals surface area contributed by atoms with E-state index in [0.29, 0.717) is 19.4 Å². The maximum atomic E-state index is 11.9. The van der Waals surface area contributed by atoms with Crippen LogP contribution in [0.2, 0.25) is 5.02 Å². The van der Waals surface area contributed by atoms with Crippen LogP contribution in [0.3, 0.4) is 0 Å². The third kappa shape index (κ3) is 6.09. The molecule has 0 atom stereocenters.